The van der Waals surface area contributed by atoms with Gasteiger partial charge in [-0.15, -0.1) is 0 Å². The van der Waals surface area contributed by atoms with Crippen LogP contribution >= 0.6 is 0 Å². The third-order valence-corrected chi connectivity index (χ3v) is 8.04. The van der Waals surface area contributed by atoms with Crippen molar-refractivity contribution < 1.29 is 19.4 Å². The summed E-state index contributed by atoms with van der Waals surface area (Å²) >= 11 is 0. The first-order valence-corrected chi connectivity index (χ1v) is 13.3. The van der Waals surface area contributed by atoms with Crippen LogP contribution in [0, 0.1) is 5.92 Å². The van der Waals surface area contributed by atoms with Gasteiger partial charge in [0.2, 0.25) is 0 Å². The number of hydrogen-bond donors (Lipinski definition) is 3. The molecule has 1 aromatic heterocycles. The van der Waals surface area contributed by atoms with Crippen molar-refractivity contribution in [3.63, 3.8) is 0 Å². The summed E-state index contributed by atoms with van der Waals surface area (Å²) in [6, 6.07) is 12.5. The van der Waals surface area contributed by atoms with Gasteiger partial charge in [-0.2, -0.15) is 0 Å². The fourth-order valence-electron chi connectivity index (χ4n) is 6.03. The summed E-state index contributed by atoms with van der Waals surface area (Å²) in [7, 11) is 0. The SMILES string of the molecule is CCOc1ccc2[nH]c3c(c2c1)C[C@@]1(C)C(=O)N(CCNCC2CC2)C(=O)N1C3Cc1cccc(O)c1. The third kappa shape index (κ3) is 4.13. The molecule has 0 spiro atoms. The summed E-state index contributed by atoms with van der Waals surface area (Å²) in [5.74, 6) is 1.56. The fraction of sp³-hybridized carbons (Fsp3) is 0.448. The molecule has 3 heterocycles. The number of nitrogens with zero attached hydrogens (tertiary/aromatic N) is 2. The Morgan fingerprint density at radius 1 is 1.19 bits per heavy atom. The summed E-state index contributed by atoms with van der Waals surface area (Å²) in [5, 5.41) is 14.5. The zero-order valence-corrected chi connectivity index (χ0v) is 21.4. The monoisotopic (exact) mass is 502 g/mol. The van der Waals surface area contributed by atoms with Gasteiger partial charge < -0.3 is 25.0 Å². The molecule has 2 aromatic carbocycles. The van der Waals surface area contributed by atoms with E-state index in [4.69, 9.17) is 4.74 Å². The maximum absolute atomic E-state index is 13.9. The van der Waals surface area contributed by atoms with Crippen LogP contribution in [0.3, 0.4) is 0 Å². The zero-order chi connectivity index (χ0) is 25.7. The predicted molar refractivity (Wildman–Crippen MR) is 141 cm³/mol. The van der Waals surface area contributed by atoms with E-state index >= 15 is 0 Å². The molecule has 3 amide bonds. The highest BCUT2D eigenvalue weighted by Gasteiger charge is 2.59. The number of ether oxygens (including phenoxy) is 1. The average Bonchev–Trinajstić information content (AvgIpc) is 3.60. The third-order valence-electron chi connectivity index (χ3n) is 8.04. The number of H-pyrrole nitrogens is 1. The number of amides is 3. The van der Waals surface area contributed by atoms with Crippen LogP contribution in [0.4, 0.5) is 4.79 Å². The minimum atomic E-state index is -0.987. The molecule has 3 aromatic rings. The number of rotatable bonds is 9. The lowest BCUT2D eigenvalue weighted by atomic mass is 9.81. The summed E-state index contributed by atoms with van der Waals surface area (Å²) in [5.41, 5.74) is 2.87. The van der Waals surface area contributed by atoms with E-state index in [2.05, 4.69) is 10.3 Å². The Morgan fingerprint density at radius 3 is 2.78 bits per heavy atom. The van der Waals surface area contributed by atoms with Crippen molar-refractivity contribution in [3.8, 4) is 11.5 Å². The molecule has 1 aliphatic carbocycles. The van der Waals surface area contributed by atoms with Gasteiger partial charge in [-0.25, -0.2) is 4.79 Å². The van der Waals surface area contributed by atoms with Crippen LogP contribution in [0.5, 0.6) is 11.5 Å². The van der Waals surface area contributed by atoms with E-state index in [0.29, 0.717) is 32.5 Å². The Hall–Kier alpha value is -3.52. The highest BCUT2D eigenvalue weighted by molar-refractivity contribution is 6.08. The number of phenolic OH excluding ortho intramolecular Hbond substituents is 1. The molecule has 1 saturated carbocycles. The molecule has 2 fully saturated rings. The number of fused-ring (bicyclic) bond motifs is 4. The number of aromatic amines is 1. The van der Waals surface area contributed by atoms with Crippen LogP contribution in [-0.4, -0.2) is 63.6 Å². The van der Waals surface area contributed by atoms with Gasteiger partial charge in [0.1, 0.15) is 17.0 Å². The number of carbonyl (C=O) groups is 2. The van der Waals surface area contributed by atoms with Crippen LogP contribution in [-0.2, 0) is 17.6 Å². The fourth-order valence-corrected chi connectivity index (χ4v) is 6.03. The molecule has 1 unspecified atom stereocenters. The summed E-state index contributed by atoms with van der Waals surface area (Å²) in [6.07, 6.45) is 3.43. The first-order valence-electron chi connectivity index (χ1n) is 13.3. The molecule has 8 nitrogen and oxygen atoms in total. The Morgan fingerprint density at radius 2 is 2.03 bits per heavy atom. The molecular weight excluding hydrogens is 468 g/mol. The molecule has 1 saturated heterocycles. The van der Waals surface area contributed by atoms with Crippen LogP contribution in [0.15, 0.2) is 42.5 Å². The van der Waals surface area contributed by atoms with Crippen molar-refractivity contribution in [3.05, 3.63) is 59.3 Å². The van der Waals surface area contributed by atoms with Crippen molar-refractivity contribution in [2.75, 3.05) is 26.2 Å². The van der Waals surface area contributed by atoms with Gasteiger partial charge in [0, 0.05) is 36.1 Å². The van der Waals surface area contributed by atoms with E-state index in [-0.39, 0.29) is 23.7 Å². The molecule has 2 aliphatic heterocycles. The number of hydrogen-bond acceptors (Lipinski definition) is 5. The van der Waals surface area contributed by atoms with E-state index < -0.39 is 5.54 Å². The zero-order valence-electron chi connectivity index (χ0n) is 21.4. The van der Waals surface area contributed by atoms with Crippen LogP contribution in [0.1, 0.15) is 49.6 Å². The predicted octanol–water partition coefficient (Wildman–Crippen LogP) is 4.13. The molecule has 0 bridgehead atoms. The number of aromatic nitrogens is 1. The number of carbonyl (C=O) groups excluding carboxylic acids is 2. The van der Waals surface area contributed by atoms with Crippen molar-refractivity contribution in [2.24, 2.45) is 5.92 Å². The maximum Gasteiger partial charge on any atom is 0.328 e. The molecule has 37 heavy (non-hydrogen) atoms. The molecule has 3 aliphatic rings. The maximum atomic E-state index is 13.9. The smallest absolute Gasteiger partial charge is 0.328 e. The van der Waals surface area contributed by atoms with Gasteiger partial charge in [-0.3, -0.25) is 9.69 Å². The first kappa shape index (κ1) is 23.9. The summed E-state index contributed by atoms with van der Waals surface area (Å²) in [6.45, 7) is 6.32. The van der Waals surface area contributed by atoms with Crippen molar-refractivity contribution >= 4 is 22.8 Å². The lowest BCUT2D eigenvalue weighted by molar-refractivity contribution is -0.133. The van der Waals surface area contributed by atoms with Crippen LogP contribution in [0.25, 0.3) is 10.9 Å². The van der Waals surface area contributed by atoms with E-state index in [1.54, 1.807) is 17.0 Å². The minimum Gasteiger partial charge on any atom is -0.508 e. The highest BCUT2D eigenvalue weighted by Crippen LogP contribution is 2.47. The number of nitrogens with one attached hydrogen (secondary N) is 2. The van der Waals surface area contributed by atoms with Crippen molar-refractivity contribution in [2.45, 2.75) is 51.1 Å². The molecule has 8 heteroatoms. The van der Waals surface area contributed by atoms with Gasteiger partial charge >= 0.3 is 6.03 Å². The van der Waals surface area contributed by atoms with E-state index in [1.807, 2.05) is 44.2 Å². The second kappa shape index (κ2) is 9.10. The van der Waals surface area contributed by atoms with E-state index in [9.17, 15) is 14.7 Å². The largest absolute Gasteiger partial charge is 0.508 e. The standard InChI is InChI=1S/C29H34N4O4/c1-3-37-21-9-10-24-22(15-21)23-16-29(2)27(35)32(12-11-30-17-18-7-8-18)28(36)33(29)25(26(23)31-24)14-19-5-4-6-20(34)13-19/h4-6,9-10,13,15,18,25,30-31,34H,3,7-8,11-12,14,16-17H2,1-2H3/t25?,29-/m0/s1. The minimum absolute atomic E-state index is 0.146. The van der Waals surface area contributed by atoms with Gasteiger partial charge in [-0.05, 0) is 87.0 Å². The van der Waals surface area contributed by atoms with Crippen LogP contribution in [0.2, 0.25) is 0 Å². The molecule has 3 N–H and O–H groups in total. The molecule has 6 rings (SSSR count). The second-order valence-electron chi connectivity index (χ2n) is 10.8. The quantitative estimate of drug-likeness (QED) is 0.302. The highest BCUT2D eigenvalue weighted by atomic mass is 16.5. The Bertz CT molecular complexity index is 1360. The Labute approximate surface area is 216 Å². The molecule has 0 radical (unpaired) electrons. The Balaban J connectivity index is 1.39. The van der Waals surface area contributed by atoms with Crippen LogP contribution < -0.4 is 10.1 Å². The average molecular weight is 503 g/mol. The number of benzene rings is 2. The van der Waals surface area contributed by atoms with Gasteiger partial charge in [-0.1, -0.05) is 12.1 Å². The topological polar surface area (TPSA) is 97.9 Å². The lowest BCUT2D eigenvalue weighted by Gasteiger charge is -2.42. The first-order chi connectivity index (χ1) is 17.9. The number of imide groups is 1. The number of urea groups is 1. The number of phenols is 1. The van der Waals surface area contributed by atoms with Gasteiger partial charge in [0.05, 0.1) is 12.6 Å². The van der Waals surface area contributed by atoms with Gasteiger partial charge in [0.25, 0.3) is 5.91 Å². The van der Waals surface area contributed by atoms with E-state index in [0.717, 1.165) is 45.9 Å². The molecular formula is C29H34N4O4. The van der Waals surface area contributed by atoms with E-state index in [1.165, 1.54) is 17.7 Å². The van der Waals surface area contributed by atoms with Crippen molar-refractivity contribution in [1.29, 1.82) is 0 Å². The summed E-state index contributed by atoms with van der Waals surface area (Å²) < 4.78 is 5.76. The number of aromatic hydroxyl groups is 1. The van der Waals surface area contributed by atoms with Gasteiger partial charge in [0.15, 0.2) is 0 Å². The molecule has 2 atom stereocenters. The Kier molecular flexibility index (Phi) is 5.87. The second-order valence-corrected chi connectivity index (χ2v) is 10.8. The lowest BCUT2D eigenvalue weighted by Crippen LogP contribution is -2.53. The van der Waals surface area contributed by atoms with Crippen molar-refractivity contribution in [1.82, 2.24) is 20.1 Å². The normalized spacial score (nSPS) is 23.0. The molecule has 194 valence electrons. The summed E-state index contributed by atoms with van der Waals surface area (Å²) in [4.78, 5) is 34.5.